The number of carbonyl (C=O) groups is 2. The number of piperidine rings is 1. The topological polar surface area (TPSA) is 69.6 Å². The van der Waals surface area contributed by atoms with E-state index in [0.717, 1.165) is 0 Å². The molecule has 1 aliphatic heterocycles. The lowest BCUT2D eigenvalue weighted by Crippen LogP contribution is -2.57. The fraction of sp³-hybridized carbons (Fsp3) is 0.833. The SMILES string of the molecule is CCC(NC(=O)O)C(=O)N1CC(C)C(F)(F)C(C)C1. The minimum atomic E-state index is -2.79. The summed E-state index contributed by atoms with van der Waals surface area (Å²) in [5.41, 5.74) is 0. The maximum Gasteiger partial charge on any atom is 0.405 e. The Morgan fingerprint density at radius 3 is 2.21 bits per heavy atom. The fourth-order valence-electron chi connectivity index (χ4n) is 2.35. The van der Waals surface area contributed by atoms with Crippen molar-refractivity contribution >= 4 is 12.0 Å². The second-order valence-electron chi connectivity index (χ2n) is 5.13. The van der Waals surface area contributed by atoms with Crippen LogP contribution in [0.15, 0.2) is 0 Å². The van der Waals surface area contributed by atoms with E-state index in [1.165, 1.54) is 18.7 Å². The molecule has 1 heterocycles. The van der Waals surface area contributed by atoms with E-state index in [2.05, 4.69) is 5.32 Å². The van der Waals surface area contributed by atoms with Crippen LogP contribution in [0.4, 0.5) is 13.6 Å². The smallest absolute Gasteiger partial charge is 0.405 e. The monoisotopic (exact) mass is 278 g/mol. The van der Waals surface area contributed by atoms with Crippen molar-refractivity contribution in [3.05, 3.63) is 0 Å². The van der Waals surface area contributed by atoms with Gasteiger partial charge in [-0.15, -0.1) is 0 Å². The molecular weight excluding hydrogens is 258 g/mol. The summed E-state index contributed by atoms with van der Waals surface area (Å²) in [6.45, 7) is 4.38. The maximum atomic E-state index is 13.7. The highest BCUT2D eigenvalue weighted by molar-refractivity contribution is 5.85. The van der Waals surface area contributed by atoms with Gasteiger partial charge in [0.25, 0.3) is 5.92 Å². The molecule has 5 nitrogen and oxygen atoms in total. The van der Waals surface area contributed by atoms with Gasteiger partial charge in [0.05, 0.1) is 0 Å². The predicted molar refractivity (Wildman–Crippen MR) is 65.1 cm³/mol. The number of amides is 2. The largest absolute Gasteiger partial charge is 0.465 e. The third-order valence-electron chi connectivity index (χ3n) is 3.62. The highest BCUT2D eigenvalue weighted by Crippen LogP contribution is 2.37. The molecule has 7 heteroatoms. The van der Waals surface area contributed by atoms with Crippen LogP contribution in [0.3, 0.4) is 0 Å². The molecule has 3 unspecified atom stereocenters. The van der Waals surface area contributed by atoms with Crippen LogP contribution in [0.1, 0.15) is 27.2 Å². The van der Waals surface area contributed by atoms with Gasteiger partial charge in [-0.3, -0.25) is 4.79 Å². The Kier molecular flexibility index (Phi) is 4.70. The molecule has 0 aromatic rings. The molecular formula is C12H20F2N2O3. The van der Waals surface area contributed by atoms with Gasteiger partial charge in [-0.2, -0.15) is 0 Å². The van der Waals surface area contributed by atoms with Crippen molar-refractivity contribution in [3.63, 3.8) is 0 Å². The Labute approximate surface area is 111 Å². The second-order valence-corrected chi connectivity index (χ2v) is 5.13. The molecule has 0 radical (unpaired) electrons. The molecule has 0 bridgehead atoms. The molecule has 0 saturated carbocycles. The van der Waals surface area contributed by atoms with Gasteiger partial charge >= 0.3 is 6.09 Å². The van der Waals surface area contributed by atoms with E-state index in [0.29, 0.717) is 6.42 Å². The van der Waals surface area contributed by atoms with Crippen molar-refractivity contribution < 1.29 is 23.5 Å². The molecule has 0 aromatic heterocycles. The molecule has 0 spiro atoms. The van der Waals surface area contributed by atoms with Gasteiger partial charge in [0.2, 0.25) is 5.91 Å². The van der Waals surface area contributed by atoms with Crippen LogP contribution in [0.2, 0.25) is 0 Å². The van der Waals surface area contributed by atoms with Gasteiger partial charge in [0, 0.05) is 24.9 Å². The van der Waals surface area contributed by atoms with E-state index in [-0.39, 0.29) is 13.1 Å². The quantitative estimate of drug-likeness (QED) is 0.826. The molecule has 1 saturated heterocycles. The van der Waals surface area contributed by atoms with Crippen LogP contribution in [0.25, 0.3) is 0 Å². The molecule has 110 valence electrons. The molecule has 1 fully saturated rings. The summed E-state index contributed by atoms with van der Waals surface area (Å²) in [5.74, 6) is -5.08. The highest BCUT2D eigenvalue weighted by Gasteiger charge is 2.48. The average Bonchev–Trinajstić information content (AvgIpc) is 2.31. The van der Waals surface area contributed by atoms with E-state index in [9.17, 15) is 18.4 Å². The highest BCUT2D eigenvalue weighted by atomic mass is 19.3. The zero-order chi connectivity index (χ0) is 14.8. The summed E-state index contributed by atoms with van der Waals surface area (Å²) in [5, 5.41) is 10.8. The summed E-state index contributed by atoms with van der Waals surface area (Å²) in [4.78, 5) is 24.0. The molecule has 0 aromatic carbocycles. The minimum absolute atomic E-state index is 0.0476. The van der Waals surface area contributed by atoms with Gasteiger partial charge in [0.15, 0.2) is 0 Å². The zero-order valence-electron chi connectivity index (χ0n) is 11.3. The van der Waals surface area contributed by atoms with Gasteiger partial charge in [-0.1, -0.05) is 20.8 Å². The number of likely N-dealkylation sites (tertiary alicyclic amines) is 1. The lowest BCUT2D eigenvalue weighted by atomic mass is 9.87. The lowest BCUT2D eigenvalue weighted by Gasteiger charge is -2.42. The van der Waals surface area contributed by atoms with Crippen LogP contribution in [-0.2, 0) is 4.79 Å². The number of nitrogens with one attached hydrogen (secondary N) is 1. The second kappa shape index (κ2) is 5.71. The Bertz CT molecular complexity index is 349. The first-order valence-corrected chi connectivity index (χ1v) is 6.36. The summed E-state index contributed by atoms with van der Waals surface area (Å²) in [6.07, 6.45) is -0.996. The van der Waals surface area contributed by atoms with Gasteiger partial charge in [0.1, 0.15) is 6.04 Å². The molecule has 3 atom stereocenters. The Morgan fingerprint density at radius 1 is 1.37 bits per heavy atom. The Hall–Kier alpha value is -1.40. The third-order valence-corrected chi connectivity index (χ3v) is 3.62. The van der Waals surface area contributed by atoms with Crippen LogP contribution in [0.5, 0.6) is 0 Å². The molecule has 1 rings (SSSR count). The van der Waals surface area contributed by atoms with Crippen LogP contribution in [-0.4, -0.2) is 47.1 Å². The first-order valence-electron chi connectivity index (χ1n) is 6.36. The fourth-order valence-corrected chi connectivity index (χ4v) is 2.35. The average molecular weight is 278 g/mol. The third kappa shape index (κ3) is 3.33. The van der Waals surface area contributed by atoms with Gasteiger partial charge in [-0.25, -0.2) is 13.6 Å². The summed E-state index contributed by atoms with van der Waals surface area (Å²) in [7, 11) is 0. The standard InChI is InChI=1S/C12H20F2N2O3/c1-4-9(15-11(18)19)10(17)16-5-7(2)12(13,14)8(3)6-16/h7-9,15H,4-6H2,1-3H3,(H,18,19). The summed E-state index contributed by atoms with van der Waals surface area (Å²) in [6, 6.07) is -0.872. The molecule has 2 amide bonds. The summed E-state index contributed by atoms with van der Waals surface area (Å²) < 4.78 is 27.3. The molecule has 1 aliphatic rings. The van der Waals surface area contributed by atoms with Crippen LogP contribution < -0.4 is 5.32 Å². The molecule has 0 aliphatic carbocycles. The minimum Gasteiger partial charge on any atom is -0.465 e. The maximum absolute atomic E-state index is 13.7. The van der Waals surface area contributed by atoms with Crippen molar-refractivity contribution in [1.82, 2.24) is 10.2 Å². The molecule has 2 N–H and O–H groups in total. The van der Waals surface area contributed by atoms with E-state index < -0.39 is 35.8 Å². The van der Waals surface area contributed by atoms with Gasteiger partial charge < -0.3 is 15.3 Å². The predicted octanol–water partition coefficient (Wildman–Crippen LogP) is 1.78. The first-order chi connectivity index (χ1) is 8.70. The number of carboxylic acid groups (broad SMARTS) is 1. The number of carbonyl (C=O) groups excluding carboxylic acids is 1. The number of hydrogen-bond donors (Lipinski definition) is 2. The number of hydrogen-bond acceptors (Lipinski definition) is 2. The van der Waals surface area contributed by atoms with Crippen molar-refractivity contribution in [2.24, 2.45) is 11.8 Å². The number of nitrogens with zero attached hydrogens (tertiary/aromatic N) is 1. The number of halogens is 2. The number of rotatable bonds is 3. The molecule has 19 heavy (non-hydrogen) atoms. The summed E-state index contributed by atoms with van der Waals surface area (Å²) >= 11 is 0. The lowest BCUT2D eigenvalue weighted by molar-refractivity contribution is -0.159. The van der Waals surface area contributed by atoms with E-state index >= 15 is 0 Å². The van der Waals surface area contributed by atoms with Crippen molar-refractivity contribution in [2.45, 2.75) is 39.2 Å². The normalized spacial score (nSPS) is 27.7. The van der Waals surface area contributed by atoms with Crippen molar-refractivity contribution in [2.75, 3.05) is 13.1 Å². The van der Waals surface area contributed by atoms with E-state index in [4.69, 9.17) is 5.11 Å². The Morgan fingerprint density at radius 2 is 1.84 bits per heavy atom. The first kappa shape index (κ1) is 15.7. The van der Waals surface area contributed by atoms with Crippen LogP contribution in [0, 0.1) is 11.8 Å². The van der Waals surface area contributed by atoms with E-state index in [1.54, 1.807) is 6.92 Å². The van der Waals surface area contributed by atoms with Crippen LogP contribution >= 0.6 is 0 Å². The van der Waals surface area contributed by atoms with Crippen molar-refractivity contribution in [3.8, 4) is 0 Å². The van der Waals surface area contributed by atoms with Crippen molar-refractivity contribution in [1.29, 1.82) is 0 Å². The van der Waals surface area contributed by atoms with E-state index in [1.807, 2.05) is 0 Å². The number of alkyl halides is 2. The zero-order valence-corrected chi connectivity index (χ0v) is 11.3. The Balaban J connectivity index is 2.75. The van der Waals surface area contributed by atoms with Gasteiger partial charge in [-0.05, 0) is 6.42 Å².